The molecule has 2 aromatic carbocycles. The molecule has 1 aliphatic rings. The van der Waals surface area contributed by atoms with Gasteiger partial charge in [-0.25, -0.2) is 9.97 Å². The summed E-state index contributed by atoms with van der Waals surface area (Å²) in [5.74, 6) is 0.845. The fraction of sp³-hybridized carbons (Fsp3) is 0.250. The molecule has 3 aromatic rings. The van der Waals surface area contributed by atoms with Crippen LogP contribution in [0.15, 0.2) is 85.2 Å². The number of rotatable bonds is 6. The highest BCUT2D eigenvalue weighted by Crippen LogP contribution is 2.23. The normalized spacial score (nSPS) is 14.6. The van der Waals surface area contributed by atoms with E-state index in [0.717, 1.165) is 45.1 Å². The highest BCUT2D eigenvalue weighted by atomic mass is 15.3. The summed E-state index contributed by atoms with van der Waals surface area (Å²) in [6.07, 6.45) is 7.06. The van der Waals surface area contributed by atoms with Gasteiger partial charge in [-0.2, -0.15) is 0 Å². The number of piperazine rings is 1. The Balaban J connectivity index is 1.37. The van der Waals surface area contributed by atoms with E-state index in [9.17, 15) is 0 Å². The maximum atomic E-state index is 4.37. The molecule has 0 bridgehead atoms. The zero-order valence-corrected chi connectivity index (χ0v) is 16.1. The lowest BCUT2D eigenvalue weighted by molar-refractivity contribution is 0.261. The van der Waals surface area contributed by atoms with Crippen molar-refractivity contribution in [2.24, 2.45) is 0 Å². The van der Waals surface area contributed by atoms with Crippen LogP contribution >= 0.6 is 0 Å². The summed E-state index contributed by atoms with van der Waals surface area (Å²) in [5, 5.41) is 0. The van der Waals surface area contributed by atoms with Crippen molar-refractivity contribution in [3.05, 3.63) is 96.3 Å². The molecule has 0 unspecified atom stereocenters. The van der Waals surface area contributed by atoms with E-state index in [2.05, 4.69) is 86.5 Å². The summed E-state index contributed by atoms with van der Waals surface area (Å²) < 4.78 is 0. The summed E-state index contributed by atoms with van der Waals surface area (Å²) in [6.45, 7) is 5.15. The first kappa shape index (κ1) is 18.4. The molecule has 4 rings (SSSR count). The first-order valence-corrected chi connectivity index (χ1v) is 9.95. The van der Waals surface area contributed by atoms with Gasteiger partial charge < -0.3 is 4.90 Å². The predicted octanol–water partition coefficient (Wildman–Crippen LogP) is 4.12. The van der Waals surface area contributed by atoms with E-state index in [0.29, 0.717) is 0 Å². The van der Waals surface area contributed by atoms with Gasteiger partial charge in [-0.3, -0.25) is 4.90 Å². The van der Waals surface area contributed by atoms with Crippen molar-refractivity contribution in [3.8, 4) is 0 Å². The lowest BCUT2D eigenvalue weighted by Crippen LogP contribution is -2.47. The number of hydrogen-bond donors (Lipinski definition) is 0. The molecule has 0 N–H and O–H groups in total. The summed E-state index contributed by atoms with van der Waals surface area (Å²) in [4.78, 5) is 13.5. The van der Waals surface area contributed by atoms with Gasteiger partial charge in [-0.05, 0) is 29.2 Å². The molecule has 1 fully saturated rings. The molecule has 0 radical (unpaired) electrons. The van der Waals surface area contributed by atoms with Gasteiger partial charge in [0, 0.05) is 45.1 Å². The third-order valence-electron chi connectivity index (χ3n) is 5.17. The fourth-order valence-corrected chi connectivity index (χ4v) is 3.66. The molecule has 0 atom stereocenters. The summed E-state index contributed by atoms with van der Waals surface area (Å²) in [7, 11) is 0. The van der Waals surface area contributed by atoms with E-state index in [1.807, 2.05) is 18.5 Å². The number of hydrogen-bond acceptors (Lipinski definition) is 4. The Morgan fingerprint density at radius 3 is 1.89 bits per heavy atom. The average molecular weight is 371 g/mol. The Morgan fingerprint density at radius 2 is 1.32 bits per heavy atom. The second kappa shape index (κ2) is 9.29. The molecule has 1 aliphatic heterocycles. The third kappa shape index (κ3) is 4.65. The summed E-state index contributed by atoms with van der Waals surface area (Å²) >= 11 is 0. The van der Waals surface area contributed by atoms with E-state index >= 15 is 0 Å². The molecule has 1 aromatic heterocycles. The van der Waals surface area contributed by atoms with Crippen molar-refractivity contribution in [1.29, 1.82) is 0 Å². The number of anilines is 1. The third-order valence-corrected chi connectivity index (χ3v) is 5.17. The zero-order valence-electron chi connectivity index (χ0n) is 16.1. The Labute approximate surface area is 167 Å². The van der Waals surface area contributed by atoms with Gasteiger partial charge in [0.15, 0.2) is 0 Å². The number of nitrogens with zero attached hydrogens (tertiary/aromatic N) is 4. The van der Waals surface area contributed by atoms with Gasteiger partial charge in [0.05, 0.1) is 0 Å². The van der Waals surface area contributed by atoms with Gasteiger partial charge in [0.1, 0.15) is 0 Å². The molecule has 0 aliphatic carbocycles. The van der Waals surface area contributed by atoms with Crippen molar-refractivity contribution < 1.29 is 0 Å². The molecule has 4 heteroatoms. The minimum absolute atomic E-state index is 0.845. The minimum atomic E-state index is 0.845. The van der Waals surface area contributed by atoms with Crippen molar-refractivity contribution in [3.63, 3.8) is 0 Å². The maximum Gasteiger partial charge on any atom is 0.225 e. The van der Waals surface area contributed by atoms with Crippen molar-refractivity contribution in [1.82, 2.24) is 14.9 Å². The van der Waals surface area contributed by atoms with Crippen LogP contribution in [0.4, 0.5) is 5.95 Å². The second-order valence-corrected chi connectivity index (χ2v) is 7.02. The highest BCUT2D eigenvalue weighted by molar-refractivity contribution is 5.79. The first-order chi connectivity index (χ1) is 13.9. The summed E-state index contributed by atoms with van der Waals surface area (Å²) in [6, 6.07) is 23.2. The van der Waals surface area contributed by atoms with Crippen LogP contribution in [0.1, 0.15) is 17.5 Å². The minimum Gasteiger partial charge on any atom is -0.338 e. The van der Waals surface area contributed by atoms with Gasteiger partial charge in [-0.15, -0.1) is 0 Å². The zero-order chi connectivity index (χ0) is 19.0. The van der Waals surface area contributed by atoms with Gasteiger partial charge in [0.2, 0.25) is 5.95 Å². The van der Waals surface area contributed by atoms with E-state index < -0.39 is 0 Å². The lowest BCUT2D eigenvalue weighted by Gasteiger charge is -2.34. The Hall–Kier alpha value is -2.98. The molecule has 4 nitrogen and oxygen atoms in total. The van der Waals surface area contributed by atoms with Crippen LogP contribution in [0.2, 0.25) is 0 Å². The van der Waals surface area contributed by atoms with Crippen LogP contribution in [-0.2, 0) is 0 Å². The van der Waals surface area contributed by atoms with Gasteiger partial charge in [0.25, 0.3) is 0 Å². The quantitative estimate of drug-likeness (QED) is 0.653. The Morgan fingerprint density at radius 1 is 0.750 bits per heavy atom. The SMILES string of the molecule is C(CCN1CCN(c2ncccn2)CC1)=C(c1ccccc1)c1ccccc1. The second-order valence-electron chi connectivity index (χ2n) is 7.02. The predicted molar refractivity (Wildman–Crippen MR) is 115 cm³/mol. The molecule has 0 spiro atoms. The molecule has 2 heterocycles. The van der Waals surface area contributed by atoms with E-state index in [1.165, 1.54) is 16.7 Å². The summed E-state index contributed by atoms with van der Waals surface area (Å²) in [5.41, 5.74) is 3.87. The van der Waals surface area contributed by atoms with Crippen LogP contribution in [-0.4, -0.2) is 47.6 Å². The van der Waals surface area contributed by atoms with Crippen LogP contribution in [0.3, 0.4) is 0 Å². The average Bonchev–Trinajstić information content (AvgIpc) is 2.79. The molecule has 1 saturated heterocycles. The topological polar surface area (TPSA) is 32.3 Å². The lowest BCUT2D eigenvalue weighted by atomic mass is 9.97. The standard InChI is InChI=1S/C24H26N4/c1-3-9-21(10-4-1)23(22-11-5-2-6-12-22)13-7-16-27-17-19-28(20-18-27)24-25-14-8-15-26-24/h1-6,8-15H,7,16-20H2. The molecule has 28 heavy (non-hydrogen) atoms. The molecule has 0 amide bonds. The molecule has 0 saturated carbocycles. The molecular weight excluding hydrogens is 344 g/mol. The van der Waals surface area contributed by atoms with Crippen LogP contribution in [0.5, 0.6) is 0 Å². The number of aromatic nitrogens is 2. The molecular formula is C24H26N4. The first-order valence-electron chi connectivity index (χ1n) is 9.95. The smallest absolute Gasteiger partial charge is 0.225 e. The van der Waals surface area contributed by atoms with E-state index in [-0.39, 0.29) is 0 Å². The van der Waals surface area contributed by atoms with Gasteiger partial charge in [-0.1, -0.05) is 66.7 Å². The van der Waals surface area contributed by atoms with Crippen molar-refractivity contribution in [2.75, 3.05) is 37.6 Å². The maximum absolute atomic E-state index is 4.37. The Kier molecular flexibility index (Phi) is 6.10. The van der Waals surface area contributed by atoms with Crippen molar-refractivity contribution in [2.45, 2.75) is 6.42 Å². The van der Waals surface area contributed by atoms with E-state index in [4.69, 9.17) is 0 Å². The van der Waals surface area contributed by atoms with Crippen LogP contribution in [0, 0.1) is 0 Å². The highest BCUT2D eigenvalue weighted by Gasteiger charge is 2.18. The largest absolute Gasteiger partial charge is 0.338 e. The number of benzene rings is 2. The van der Waals surface area contributed by atoms with Crippen molar-refractivity contribution >= 4 is 11.5 Å². The van der Waals surface area contributed by atoms with Gasteiger partial charge >= 0.3 is 0 Å². The molecule has 142 valence electrons. The van der Waals surface area contributed by atoms with Crippen LogP contribution < -0.4 is 4.90 Å². The monoisotopic (exact) mass is 370 g/mol. The fourth-order valence-electron chi connectivity index (χ4n) is 3.66. The Bertz CT molecular complexity index is 829. The van der Waals surface area contributed by atoms with E-state index in [1.54, 1.807) is 0 Å². The van der Waals surface area contributed by atoms with Crippen LogP contribution in [0.25, 0.3) is 5.57 Å².